The number of aryl methyl sites for hydroxylation is 1. The number of nitrogens with zero attached hydrogens (tertiary/aromatic N) is 3. The van der Waals surface area contributed by atoms with Gasteiger partial charge in [0.05, 0.1) is 24.2 Å². The first-order chi connectivity index (χ1) is 12.8. The number of nitro benzene ring substituents is 1. The molecular weight excluding hydrogens is 358 g/mol. The van der Waals surface area contributed by atoms with E-state index in [0.29, 0.717) is 0 Å². The van der Waals surface area contributed by atoms with Gasteiger partial charge in [0.25, 0.3) is 11.2 Å². The van der Waals surface area contributed by atoms with Crippen LogP contribution in [-0.2, 0) is 11.3 Å². The van der Waals surface area contributed by atoms with Crippen molar-refractivity contribution in [2.75, 3.05) is 6.61 Å². The summed E-state index contributed by atoms with van der Waals surface area (Å²) in [5, 5.41) is 30.3. The molecule has 10 nitrogen and oxygen atoms in total. The van der Waals surface area contributed by atoms with Crippen molar-refractivity contribution in [3.8, 4) is 0 Å². The molecule has 2 heterocycles. The Kier molecular flexibility index (Phi) is 5.22. The van der Waals surface area contributed by atoms with Crippen LogP contribution in [0.15, 0.2) is 40.1 Å². The minimum absolute atomic E-state index is 0.0776. The van der Waals surface area contributed by atoms with E-state index in [0.717, 1.165) is 4.57 Å². The van der Waals surface area contributed by atoms with Crippen molar-refractivity contribution in [2.24, 2.45) is 0 Å². The molecule has 3 rings (SSSR count). The Bertz CT molecular complexity index is 981. The average molecular weight is 377 g/mol. The number of para-hydroxylation sites is 1. The summed E-state index contributed by atoms with van der Waals surface area (Å²) < 4.78 is 7.56. The molecule has 0 aliphatic carbocycles. The third-order valence-electron chi connectivity index (χ3n) is 4.58. The number of aliphatic hydroxyl groups is 2. The predicted octanol–water partition coefficient (Wildman–Crippen LogP) is -0.0844. The highest BCUT2D eigenvalue weighted by atomic mass is 16.6. The number of ether oxygens (including phenoxy) is 1. The van der Waals surface area contributed by atoms with E-state index in [-0.39, 0.29) is 29.8 Å². The minimum atomic E-state index is -0.942. The highest BCUT2D eigenvalue weighted by Crippen LogP contribution is 2.27. The molecule has 0 saturated carbocycles. The van der Waals surface area contributed by atoms with Crippen LogP contribution in [0.25, 0.3) is 0 Å². The summed E-state index contributed by atoms with van der Waals surface area (Å²) in [6.07, 6.45) is -1.20. The van der Waals surface area contributed by atoms with Gasteiger partial charge in [-0.15, -0.1) is 0 Å². The topological polar surface area (TPSA) is 137 Å². The molecule has 0 bridgehead atoms. The molecular formula is C17H19N3O7. The third-order valence-corrected chi connectivity index (χ3v) is 4.58. The highest BCUT2D eigenvalue weighted by molar-refractivity contribution is 5.39. The van der Waals surface area contributed by atoms with Gasteiger partial charge in [0.15, 0.2) is 0 Å². The fourth-order valence-electron chi connectivity index (χ4n) is 3.15. The van der Waals surface area contributed by atoms with Gasteiger partial charge in [-0.3, -0.25) is 24.0 Å². The molecule has 0 spiro atoms. The standard InChI is InChI=1S/C17H19N3O7/c1-10-7-18(15-6-13(22)14(9-21)27-15)17(24)19(16(10)23)8-11-4-2-3-5-12(11)20(25)26/h2-5,7,13-15,21-22H,6,8-9H2,1H3/t13-,14+,15+/m0/s1. The van der Waals surface area contributed by atoms with Gasteiger partial charge in [0.1, 0.15) is 12.3 Å². The van der Waals surface area contributed by atoms with Crippen molar-refractivity contribution < 1.29 is 19.9 Å². The minimum Gasteiger partial charge on any atom is -0.394 e. The average Bonchev–Trinajstić information content (AvgIpc) is 3.02. The number of hydrogen-bond acceptors (Lipinski definition) is 7. The zero-order chi connectivity index (χ0) is 19.7. The van der Waals surface area contributed by atoms with E-state index in [1.54, 1.807) is 6.07 Å². The maximum absolute atomic E-state index is 12.8. The summed E-state index contributed by atoms with van der Waals surface area (Å²) >= 11 is 0. The van der Waals surface area contributed by atoms with Crippen molar-refractivity contribution in [3.63, 3.8) is 0 Å². The molecule has 27 heavy (non-hydrogen) atoms. The monoisotopic (exact) mass is 377 g/mol. The van der Waals surface area contributed by atoms with E-state index in [4.69, 9.17) is 4.74 Å². The molecule has 0 amide bonds. The molecule has 0 unspecified atom stereocenters. The lowest BCUT2D eigenvalue weighted by molar-refractivity contribution is -0.385. The Hall–Kier alpha value is -2.82. The lowest BCUT2D eigenvalue weighted by atomic mass is 10.1. The molecule has 1 aliphatic rings. The summed E-state index contributed by atoms with van der Waals surface area (Å²) in [6.45, 7) is 0.847. The largest absolute Gasteiger partial charge is 0.394 e. The summed E-state index contributed by atoms with van der Waals surface area (Å²) in [7, 11) is 0. The van der Waals surface area contributed by atoms with Crippen LogP contribution in [-0.4, -0.2) is 43.1 Å². The van der Waals surface area contributed by atoms with Crippen molar-refractivity contribution in [1.82, 2.24) is 9.13 Å². The zero-order valence-corrected chi connectivity index (χ0v) is 14.5. The van der Waals surface area contributed by atoms with Gasteiger partial charge >= 0.3 is 5.69 Å². The van der Waals surface area contributed by atoms with Crippen molar-refractivity contribution in [3.05, 3.63) is 72.5 Å². The van der Waals surface area contributed by atoms with Gasteiger partial charge in [-0.1, -0.05) is 18.2 Å². The molecule has 3 atom stereocenters. The van der Waals surface area contributed by atoms with Crippen LogP contribution in [0.3, 0.4) is 0 Å². The smallest absolute Gasteiger partial charge is 0.333 e. The molecule has 2 N–H and O–H groups in total. The van der Waals surface area contributed by atoms with E-state index < -0.39 is 41.2 Å². The van der Waals surface area contributed by atoms with E-state index in [2.05, 4.69) is 0 Å². The summed E-state index contributed by atoms with van der Waals surface area (Å²) in [4.78, 5) is 35.9. The predicted molar refractivity (Wildman–Crippen MR) is 93.5 cm³/mol. The first kappa shape index (κ1) is 19.0. The number of hydrogen-bond donors (Lipinski definition) is 2. The lowest BCUT2D eigenvalue weighted by Crippen LogP contribution is -2.42. The first-order valence-electron chi connectivity index (χ1n) is 8.32. The van der Waals surface area contributed by atoms with Crippen molar-refractivity contribution in [2.45, 2.75) is 38.3 Å². The Morgan fingerprint density at radius 2 is 2.04 bits per heavy atom. The number of aromatic nitrogens is 2. The van der Waals surface area contributed by atoms with Crippen LogP contribution in [0.5, 0.6) is 0 Å². The Balaban J connectivity index is 2.05. The fraction of sp³-hybridized carbons (Fsp3) is 0.412. The quantitative estimate of drug-likeness (QED) is 0.549. The van der Waals surface area contributed by atoms with Crippen LogP contribution >= 0.6 is 0 Å². The van der Waals surface area contributed by atoms with E-state index >= 15 is 0 Å². The zero-order valence-electron chi connectivity index (χ0n) is 14.5. The van der Waals surface area contributed by atoms with Gasteiger partial charge in [-0.25, -0.2) is 4.79 Å². The second-order valence-electron chi connectivity index (χ2n) is 6.39. The lowest BCUT2D eigenvalue weighted by Gasteiger charge is -2.17. The number of rotatable bonds is 5. The molecule has 2 aromatic rings. The van der Waals surface area contributed by atoms with E-state index in [1.165, 1.54) is 35.9 Å². The van der Waals surface area contributed by atoms with Crippen molar-refractivity contribution >= 4 is 5.69 Å². The maximum atomic E-state index is 12.8. The van der Waals surface area contributed by atoms with E-state index in [9.17, 15) is 29.9 Å². The Labute approximate surface area is 153 Å². The SMILES string of the molecule is Cc1cn([C@H]2C[C@H](O)[C@@H](CO)O2)c(=O)n(Cc2ccccc2[N+](=O)[O-])c1=O. The van der Waals surface area contributed by atoms with E-state index in [1.807, 2.05) is 0 Å². The number of nitro groups is 1. The summed E-state index contributed by atoms with van der Waals surface area (Å²) in [5.41, 5.74) is -0.992. The third kappa shape index (κ3) is 3.54. The number of aliphatic hydroxyl groups excluding tert-OH is 2. The van der Waals surface area contributed by atoms with Gasteiger partial charge in [-0.2, -0.15) is 0 Å². The molecule has 144 valence electrons. The highest BCUT2D eigenvalue weighted by Gasteiger charge is 2.35. The molecule has 1 aromatic carbocycles. The second kappa shape index (κ2) is 7.43. The molecule has 1 aliphatic heterocycles. The fourth-order valence-corrected chi connectivity index (χ4v) is 3.15. The summed E-state index contributed by atoms with van der Waals surface area (Å²) in [5.74, 6) is 0. The molecule has 1 fully saturated rings. The normalized spacial score (nSPS) is 22.1. The van der Waals surface area contributed by atoms with Gasteiger partial charge in [-0.05, 0) is 6.92 Å². The second-order valence-corrected chi connectivity index (χ2v) is 6.39. The maximum Gasteiger partial charge on any atom is 0.333 e. The van der Waals surface area contributed by atoms with Crippen LogP contribution in [0.2, 0.25) is 0 Å². The summed E-state index contributed by atoms with van der Waals surface area (Å²) in [6, 6.07) is 5.87. The van der Waals surface area contributed by atoms with Crippen LogP contribution in [0, 0.1) is 17.0 Å². The molecule has 0 radical (unpaired) electrons. The molecule has 10 heteroatoms. The number of benzene rings is 1. The first-order valence-corrected chi connectivity index (χ1v) is 8.32. The van der Waals surface area contributed by atoms with Crippen LogP contribution in [0.4, 0.5) is 5.69 Å². The van der Waals surface area contributed by atoms with Gasteiger partial charge in [0.2, 0.25) is 0 Å². The molecule has 1 aromatic heterocycles. The molecule has 1 saturated heterocycles. The van der Waals surface area contributed by atoms with Crippen LogP contribution in [0.1, 0.15) is 23.8 Å². The Morgan fingerprint density at radius 3 is 2.67 bits per heavy atom. The van der Waals surface area contributed by atoms with Crippen molar-refractivity contribution in [1.29, 1.82) is 0 Å². The van der Waals surface area contributed by atoms with Crippen LogP contribution < -0.4 is 11.2 Å². The Morgan fingerprint density at radius 1 is 1.33 bits per heavy atom. The van der Waals surface area contributed by atoms with Gasteiger partial charge < -0.3 is 14.9 Å². The van der Waals surface area contributed by atoms with Gasteiger partial charge in [0, 0.05) is 29.8 Å².